The minimum Gasteiger partial charge on any atom is -0.204 e. The van der Waals surface area contributed by atoms with Gasteiger partial charge in [-0.25, -0.2) is 17.6 Å². The number of hydrogen-bond donors (Lipinski definition) is 0. The molecule has 4 heteroatoms. The molecule has 150 valence electrons. The lowest BCUT2D eigenvalue weighted by atomic mass is 9.98. The Labute approximate surface area is 172 Å². The van der Waals surface area contributed by atoms with Crippen LogP contribution in [-0.2, 0) is 12.8 Å². The molecule has 4 aromatic carbocycles. The monoisotopic (exact) mass is 406 g/mol. The molecule has 0 aromatic heterocycles. The molecular formula is C26H18F4. The first-order chi connectivity index (χ1) is 14.5. The van der Waals surface area contributed by atoms with Crippen LogP contribution in [0.15, 0.2) is 84.9 Å². The molecule has 4 aromatic rings. The van der Waals surface area contributed by atoms with Gasteiger partial charge in [0.25, 0.3) is 0 Å². The molecule has 0 heterocycles. The number of rotatable bonds is 5. The minimum absolute atomic E-state index is 0.238. The Kier molecular flexibility index (Phi) is 5.66. The summed E-state index contributed by atoms with van der Waals surface area (Å²) in [7, 11) is 0. The maximum absolute atomic E-state index is 13.9. The Hall–Kier alpha value is -3.40. The van der Waals surface area contributed by atoms with Crippen LogP contribution in [0.4, 0.5) is 17.6 Å². The summed E-state index contributed by atoms with van der Waals surface area (Å²) >= 11 is 0. The summed E-state index contributed by atoms with van der Waals surface area (Å²) in [5.74, 6) is -3.42. The lowest BCUT2D eigenvalue weighted by Crippen LogP contribution is -1.93. The highest BCUT2D eigenvalue weighted by atomic mass is 19.2. The van der Waals surface area contributed by atoms with Crippen molar-refractivity contribution in [3.05, 3.63) is 119 Å². The van der Waals surface area contributed by atoms with Gasteiger partial charge in [-0.05, 0) is 47.2 Å². The molecule has 0 fully saturated rings. The van der Waals surface area contributed by atoms with Gasteiger partial charge in [0, 0.05) is 11.1 Å². The molecule has 30 heavy (non-hydrogen) atoms. The highest BCUT2D eigenvalue weighted by Crippen LogP contribution is 2.26. The lowest BCUT2D eigenvalue weighted by molar-refractivity contribution is 0.511. The van der Waals surface area contributed by atoms with E-state index in [0.29, 0.717) is 11.1 Å². The average molecular weight is 406 g/mol. The van der Waals surface area contributed by atoms with E-state index in [2.05, 4.69) is 0 Å². The molecule has 0 aliphatic carbocycles. The zero-order chi connectivity index (χ0) is 21.1. The highest BCUT2D eigenvalue weighted by molar-refractivity contribution is 5.65. The largest absolute Gasteiger partial charge is 0.204 e. The van der Waals surface area contributed by atoms with Gasteiger partial charge in [0.2, 0.25) is 0 Å². The van der Waals surface area contributed by atoms with Gasteiger partial charge >= 0.3 is 0 Å². The number of hydrogen-bond acceptors (Lipinski definition) is 0. The van der Waals surface area contributed by atoms with Gasteiger partial charge in [-0.15, -0.1) is 0 Å². The SMILES string of the molecule is Fc1cccc(-c2ccc(CCc3ccc(-c4cccc(F)c4F)cc3)cc2)c1F. The molecule has 0 aliphatic rings. The van der Waals surface area contributed by atoms with Gasteiger partial charge < -0.3 is 0 Å². The van der Waals surface area contributed by atoms with E-state index in [1.54, 1.807) is 36.4 Å². The summed E-state index contributed by atoms with van der Waals surface area (Å²) in [4.78, 5) is 0. The Bertz CT molecular complexity index is 1070. The van der Waals surface area contributed by atoms with E-state index in [1.165, 1.54) is 12.1 Å². The van der Waals surface area contributed by atoms with Gasteiger partial charge in [-0.1, -0.05) is 72.8 Å². The molecule has 0 amide bonds. The van der Waals surface area contributed by atoms with Gasteiger partial charge in [0.15, 0.2) is 23.3 Å². The van der Waals surface area contributed by atoms with Crippen LogP contribution in [0.2, 0.25) is 0 Å². The number of aryl methyl sites for hydroxylation is 2. The molecular weight excluding hydrogens is 388 g/mol. The second-order valence-corrected chi connectivity index (χ2v) is 7.10. The van der Waals surface area contributed by atoms with E-state index in [1.807, 2.05) is 24.3 Å². The summed E-state index contributed by atoms with van der Waals surface area (Å²) in [6.07, 6.45) is 1.53. The second-order valence-electron chi connectivity index (χ2n) is 7.10. The van der Waals surface area contributed by atoms with Crippen molar-refractivity contribution in [3.8, 4) is 22.3 Å². The molecule has 0 atom stereocenters. The zero-order valence-electron chi connectivity index (χ0n) is 16.0. The van der Waals surface area contributed by atoms with E-state index in [0.717, 1.165) is 36.1 Å². The van der Waals surface area contributed by atoms with Crippen molar-refractivity contribution in [3.63, 3.8) is 0 Å². The predicted octanol–water partition coefficient (Wildman–Crippen LogP) is 7.36. The van der Waals surface area contributed by atoms with E-state index < -0.39 is 23.3 Å². The van der Waals surface area contributed by atoms with Crippen molar-refractivity contribution < 1.29 is 17.6 Å². The third-order valence-electron chi connectivity index (χ3n) is 5.14. The van der Waals surface area contributed by atoms with Crippen LogP contribution in [-0.4, -0.2) is 0 Å². The van der Waals surface area contributed by atoms with Crippen molar-refractivity contribution >= 4 is 0 Å². The average Bonchev–Trinajstić information content (AvgIpc) is 2.77. The summed E-state index contributed by atoms with van der Waals surface area (Å²) in [5.41, 5.74) is 3.85. The first-order valence-corrected chi connectivity index (χ1v) is 9.59. The van der Waals surface area contributed by atoms with Gasteiger partial charge in [-0.2, -0.15) is 0 Å². The molecule has 0 N–H and O–H groups in total. The van der Waals surface area contributed by atoms with Gasteiger partial charge in [0.1, 0.15) is 0 Å². The van der Waals surface area contributed by atoms with Crippen molar-refractivity contribution in [2.75, 3.05) is 0 Å². The molecule has 0 saturated heterocycles. The smallest absolute Gasteiger partial charge is 0.166 e. The van der Waals surface area contributed by atoms with Crippen LogP contribution in [0, 0.1) is 23.3 Å². The van der Waals surface area contributed by atoms with Gasteiger partial charge in [-0.3, -0.25) is 0 Å². The van der Waals surface area contributed by atoms with E-state index in [4.69, 9.17) is 0 Å². The number of benzene rings is 4. The fraction of sp³-hybridized carbons (Fsp3) is 0.0769. The lowest BCUT2D eigenvalue weighted by Gasteiger charge is -2.08. The zero-order valence-corrected chi connectivity index (χ0v) is 16.0. The highest BCUT2D eigenvalue weighted by Gasteiger charge is 2.10. The standard InChI is InChI=1S/C26H18F4/c27-23-5-1-3-21(25(23)29)19-13-9-17(10-14-19)7-8-18-11-15-20(16-12-18)22-4-2-6-24(28)26(22)30/h1-6,9-16H,7-8H2. The Morgan fingerprint density at radius 3 is 1.17 bits per heavy atom. The molecule has 0 bridgehead atoms. The molecule has 0 saturated carbocycles. The summed E-state index contributed by atoms with van der Waals surface area (Å²) in [6, 6.07) is 23.0. The quantitative estimate of drug-likeness (QED) is 0.304. The third kappa shape index (κ3) is 4.13. The van der Waals surface area contributed by atoms with Crippen LogP contribution in [0.5, 0.6) is 0 Å². The molecule has 4 rings (SSSR count). The van der Waals surface area contributed by atoms with Crippen LogP contribution in [0.3, 0.4) is 0 Å². The first kappa shape index (κ1) is 19.9. The number of halogens is 4. The predicted molar refractivity (Wildman–Crippen MR) is 111 cm³/mol. The van der Waals surface area contributed by atoms with Crippen LogP contribution in [0.25, 0.3) is 22.3 Å². The Balaban J connectivity index is 1.44. The van der Waals surface area contributed by atoms with Crippen LogP contribution < -0.4 is 0 Å². The summed E-state index contributed by atoms with van der Waals surface area (Å²) in [6.45, 7) is 0. The molecule has 0 nitrogen and oxygen atoms in total. The van der Waals surface area contributed by atoms with Crippen molar-refractivity contribution in [1.29, 1.82) is 0 Å². The minimum atomic E-state index is -0.863. The van der Waals surface area contributed by atoms with E-state index >= 15 is 0 Å². The fourth-order valence-electron chi connectivity index (χ4n) is 3.44. The van der Waals surface area contributed by atoms with Crippen LogP contribution in [0.1, 0.15) is 11.1 Å². The maximum atomic E-state index is 13.9. The Morgan fingerprint density at radius 1 is 0.433 bits per heavy atom. The first-order valence-electron chi connectivity index (χ1n) is 9.59. The Morgan fingerprint density at radius 2 is 0.800 bits per heavy atom. The van der Waals surface area contributed by atoms with Crippen molar-refractivity contribution in [2.24, 2.45) is 0 Å². The summed E-state index contributed by atoms with van der Waals surface area (Å²) in [5, 5.41) is 0. The van der Waals surface area contributed by atoms with Crippen molar-refractivity contribution in [2.45, 2.75) is 12.8 Å². The maximum Gasteiger partial charge on any atom is 0.166 e. The third-order valence-corrected chi connectivity index (χ3v) is 5.14. The van der Waals surface area contributed by atoms with E-state index in [9.17, 15) is 17.6 Å². The molecule has 0 radical (unpaired) electrons. The molecule has 0 aliphatic heterocycles. The topological polar surface area (TPSA) is 0 Å². The van der Waals surface area contributed by atoms with Crippen LogP contribution >= 0.6 is 0 Å². The summed E-state index contributed by atoms with van der Waals surface area (Å²) < 4.78 is 54.7. The van der Waals surface area contributed by atoms with E-state index in [-0.39, 0.29) is 11.1 Å². The van der Waals surface area contributed by atoms with Gasteiger partial charge in [0.05, 0.1) is 0 Å². The molecule has 0 spiro atoms. The van der Waals surface area contributed by atoms with Crippen molar-refractivity contribution in [1.82, 2.24) is 0 Å². The fourth-order valence-corrected chi connectivity index (χ4v) is 3.44. The molecule has 0 unspecified atom stereocenters. The normalized spacial score (nSPS) is 10.9. The second kappa shape index (κ2) is 8.54.